The summed E-state index contributed by atoms with van der Waals surface area (Å²) < 4.78 is 2.00. The van der Waals surface area contributed by atoms with Crippen LogP contribution in [0.3, 0.4) is 0 Å². The van der Waals surface area contributed by atoms with Gasteiger partial charge in [0.1, 0.15) is 5.82 Å². The Balaban J connectivity index is 1.42. The van der Waals surface area contributed by atoms with E-state index in [0.717, 1.165) is 58.9 Å². The fourth-order valence-electron chi connectivity index (χ4n) is 3.76. The number of H-pyrrole nitrogens is 1. The predicted octanol–water partition coefficient (Wildman–Crippen LogP) is 4.58. The van der Waals surface area contributed by atoms with Gasteiger partial charge in [-0.25, -0.2) is 9.67 Å². The molecule has 2 aromatic carbocycles. The number of aromatic amines is 1. The van der Waals surface area contributed by atoms with Crippen LogP contribution in [0.15, 0.2) is 72.9 Å². The number of tetrazole rings is 1. The van der Waals surface area contributed by atoms with Crippen LogP contribution in [-0.2, 0) is 13.0 Å². The summed E-state index contributed by atoms with van der Waals surface area (Å²) in [5, 5.41) is 19.2. The Bertz CT molecular complexity index is 1310. The van der Waals surface area contributed by atoms with Gasteiger partial charge < -0.3 is 0 Å². The van der Waals surface area contributed by atoms with Gasteiger partial charge in [-0.1, -0.05) is 74.0 Å². The second kappa shape index (κ2) is 9.52. The zero-order valence-electron chi connectivity index (χ0n) is 18.4. The van der Waals surface area contributed by atoms with E-state index in [9.17, 15) is 0 Å². The second-order valence-corrected chi connectivity index (χ2v) is 7.81. The van der Waals surface area contributed by atoms with Crippen LogP contribution in [0.4, 0.5) is 0 Å². The monoisotopic (exact) mass is 436 g/mol. The van der Waals surface area contributed by atoms with E-state index in [1.54, 1.807) is 0 Å². The first-order valence-electron chi connectivity index (χ1n) is 11.1. The Morgan fingerprint density at radius 1 is 0.879 bits per heavy atom. The summed E-state index contributed by atoms with van der Waals surface area (Å²) in [7, 11) is 0. The van der Waals surface area contributed by atoms with E-state index in [2.05, 4.69) is 33.6 Å². The minimum Gasteiger partial charge on any atom is -0.256 e. The zero-order valence-corrected chi connectivity index (χ0v) is 18.4. The van der Waals surface area contributed by atoms with E-state index in [-0.39, 0.29) is 0 Å². The number of aromatic nitrogens is 8. The second-order valence-electron chi connectivity index (χ2n) is 7.81. The molecule has 0 aliphatic carbocycles. The van der Waals surface area contributed by atoms with Crippen molar-refractivity contribution in [1.29, 1.82) is 0 Å². The molecule has 3 heterocycles. The lowest BCUT2D eigenvalue weighted by molar-refractivity contribution is 0.617. The number of rotatable bonds is 8. The molecule has 0 saturated heterocycles. The van der Waals surface area contributed by atoms with Crippen molar-refractivity contribution < 1.29 is 0 Å². The molecule has 0 radical (unpaired) electrons. The van der Waals surface area contributed by atoms with Crippen molar-refractivity contribution in [3.05, 3.63) is 84.3 Å². The van der Waals surface area contributed by atoms with Crippen LogP contribution in [0, 0.1) is 0 Å². The third kappa shape index (κ3) is 4.55. The maximum absolute atomic E-state index is 4.83. The van der Waals surface area contributed by atoms with E-state index in [0.29, 0.717) is 12.4 Å². The van der Waals surface area contributed by atoms with Gasteiger partial charge >= 0.3 is 0 Å². The topological polar surface area (TPSA) is 98.1 Å². The van der Waals surface area contributed by atoms with Gasteiger partial charge in [-0.15, -0.1) is 10.2 Å². The predicted molar refractivity (Wildman–Crippen MR) is 126 cm³/mol. The van der Waals surface area contributed by atoms with Gasteiger partial charge in [0.2, 0.25) is 5.82 Å². The average Bonchev–Trinajstić information content (AvgIpc) is 3.54. The highest BCUT2D eigenvalue weighted by Crippen LogP contribution is 2.28. The molecule has 5 rings (SSSR count). The van der Waals surface area contributed by atoms with E-state index in [1.165, 1.54) is 0 Å². The smallest absolute Gasteiger partial charge is 0.205 e. The molecule has 0 saturated carbocycles. The van der Waals surface area contributed by atoms with Crippen molar-refractivity contribution in [2.75, 3.05) is 0 Å². The van der Waals surface area contributed by atoms with Crippen LogP contribution in [0.1, 0.15) is 31.2 Å². The largest absolute Gasteiger partial charge is 0.256 e. The van der Waals surface area contributed by atoms with Gasteiger partial charge in [-0.05, 0) is 23.3 Å². The normalized spacial score (nSPS) is 11.1. The Labute approximate surface area is 191 Å². The minimum absolute atomic E-state index is 0.549. The lowest BCUT2D eigenvalue weighted by atomic mass is 10.0. The number of aryl methyl sites for hydroxylation is 1. The highest BCUT2D eigenvalue weighted by atomic mass is 15.5. The number of unbranched alkanes of at least 4 members (excludes halogenated alkanes) is 1. The van der Waals surface area contributed by atoms with Crippen LogP contribution >= 0.6 is 0 Å². The molecule has 0 spiro atoms. The fraction of sp³-hybridized carbons (Fsp3) is 0.200. The third-order valence-electron chi connectivity index (χ3n) is 5.48. The van der Waals surface area contributed by atoms with Crippen LogP contribution < -0.4 is 0 Å². The minimum atomic E-state index is 0.549. The molecule has 8 nitrogen and oxygen atoms in total. The summed E-state index contributed by atoms with van der Waals surface area (Å²) >= 11 is 0. The Morgan fingerprint density at radius 3 is 2.42 bits per heavy atom. The first-order valence-corrected chi connectivity index (χ1v) is 11.1. The summed E-state index contributed by atoms with van der Waals surface area (Å²) in [4.78, 5) is 9.55. The quantitative estimate of drug-likeness (QED) is 0.382. The van der Waals surface area contributed by atoms with Crippen LogP contribution in [0.5, 0.6) is 0 Å². The van der Waals surface area contributed by atoms with Crippen molar-refractivity contribution in [3.63, 3.8) is 0 Å². The van der Waals surface area contributed by atoms with Crippen molar-refractivity contribution in [1.82, 2.24) is 40.4 Å². The molecule has 0 aliphatic heterocycles. The number of hydrogen-bond donors (Lipinski definition) is 1. The molecule has 5 aromatic rings. The van der Waals surface area contributed by atoms with Gasteiger partial charge in [-0.3, -0.25) is 4.98 Å². The molecule has 164 valence electrons. The zero-order chi connectivity index (χ0) is 22.5. The standard InChI is InChI=1S/C25H24N8/c1-2-3-13-23-27-24(19-9-5-4-6-10-19)30-33(23)17-18-14-15-22(26-16-18)20-11-7-8-12-21(20)25-28-31-32-29-25/h4-12,14-16H,2-3,13,17H2,1H3,(H,28,29,31,32). The maximum Gasteiger partial charge on any atom is 0.205 e. The van der Waals surface area contributed by atoms with Gasteiger partial charge in [0.15, 0.2) is 5.82 Å². The Morgan fingerprint density at radius 2 is 1.70 bits per heavy atom. The summed E-state index contributed by atoms with van der Waals surface area (Å²) in [6.07, 6.45) is 5.00. The highest BCUT2D eigenvalue weighted by Gasteiger charge is 2.14. The SMILES string of the molecule is CCCCc1nc(-c2ccccc2)nn1Cc1ccc(-c2ccccc2-c2nn[nH]n2)nc1. The van der Waals surface area contributed by atoms with E-state index in [1.807, 2.05) is 71.5 Å². The molecular weight excluding hydrogens is 412 g/mol. The summed E-state index contributed by atoms with van der Waals surface area (Å²) in [5.74, 6) is 2.32. The lowest BCUT2D eigenvalue weighted by Gasteiger charge is -2.08. The van der Waals surface area contributed by atoms with Crippen LogP contribution in [0.2, 0.25) is 0 Å². The summed E-state index contributed by atoms with van der Waals surface area (Å²) in [5.41, 5.74) is 4.80. The number of pyridine rings is 1. The third-order valence-corrected chi connectivity index (χ3v) is 5.48. The molecule has 0 bridgehead atoms. The molecule has 1 N–H and O–H groups in total. The maximum atomic E-state index is 4.83. The van der Waals surface area contributed by atoms with Gasteiger partial charge in [0.05, 0.1) is 12.2 Å². The van der Waals surface area contributed by atoms with Crippen molar-refractivity contribution in [2.45, 2.75) is 32.7 Å². The first kappa shape index (κ1) is 20.7. The lowest BCUT2D eigenvalue weighted by Crippen LogP contribution is -2.07. The Hall–Kier alpha value is -4.20. The molecule has 0 atom stereocenters. The number of benzene rings is 2. The van der Waals surface area contributed by atoms with Gasteiger partial charge in [0.25, 0.3) is 0 Å². The van der Waals surface area contributed by atoms with Crippen molar-refractivity contribution >= 4 is 0 Å². The molecular formula is C25H24N8. The molecule has 33 heavy (non-hydrogen) atoms. The molecule has 0 fully saturated rings. The molecule has 8 heteroatoms. The van der Waals surface area contributed by atoms with E-state index in [4.69, 9.17) is 15.1 Å². The first-order chi connectivity index (χ1) is 16.3. The van der Waals surface area contributed by atoms with Crippen LogP contribution in [-0.4, -0.2) is 40.4 Å². The molecule has 0 aliphatic rings. The highest BCUT2D eigenvalue weighted by molar-refractivity contribution is 5.78. The van der Waals surface area contributed by atoms with Gasteiger partial charge in [-0.2, -0.15) is 10.3 Å². The molecule has 0 unspecified atom stereocenters. The van der Waals surface area contributed by atoms with Crippen molar-refractivity contribution in [2.24, 2.45) is 0 Å². The number of nitrogens with zero attached hydrogens (tertiary/aromatic N) is 7. The van der Waals surface area contributed by atoms with Crippen LogP contribution in [0.25, 0.3) is 34.0 Å². The number of hydrogen-bond acceptors (Lipinski definition) is 6. The summed E-state index contributed by atoms with van der Waals surface area (Å²) in [6.45, 7) is 2.81. The van der Waals surface area contributed by atoms with Crippen molar-refractivity contribution in [3.8, 4) is 34.0 Å². The molecule has 3 aromatic heterocycles. The van der Waals surface area contributed by atoms with Gasteiger partial charge in [0, 0.05) is 29.3 Å². The number of nitrogens with one attached hydrogen (secondary N) is 1. The Kier molecular flexibility index (Phi) is 5.97. The summed E-state index contributed by atoms with van der Waals surface area (Å²) in [6, 6.07) is 22.1. The average molecular weight is 437 g/mol. The van der Waals surface area contributed by atoms with E-state index < -0.39 is 0 Å². The fourth-order valence-corrected chi connectivity index (χ4v) is 3.76. The van der Waals surface area contributed by atoms with E-state index >= 15 is 0 Å². The molecule has 0 amide bonds.